The molecule has 1 saturated carbocycles. The van der Waals surface area contributed by atoms with Crippen LogP contribution in [-0.2, 0) is 5.75 Å². The monoisotopic (exact) mass is 286 g/mol. The van der Waals surface area contributed by atoms with Gasteiger partial charge in [-0.3, -0.25) is 4.79 Å². The topological polar surface area (TPSA) is 17.1 Å². The number of rotatable bonds is 5. The fourth-order valence-corrected chi connectivity index (χ4v) is 2.93. The minimum atomic E-state index is -0.200. The van der Waals surface area contributed by atoms with Crippen LogP contribution in [0.2, 0.25) is 0 Å². The highest BCUT2D eigenvalue weighted by Crippen LogP contribution is 2.33. The van der Waals surface area contributed by atoms with E-state index in [1.807, 2.05) is 30.3 Å². The number of hydrogen-bond acceptors (Lipinski definition) is 2. The van der Waals surface area contributed by atoms with Crippen LogP contribution in [0.5, 0.6) is 0 Å². The smallest absolute Gasteiger partial charge is 0.165 e. The Morgan fingerprint density at radius 2 is 1.90 bits per heavy atom. The van der Waals surface area contributed by atoms with Gasteiger partial charge in [-0.25, -0.2) is 4.39 Å². The molecule has 0 saturated heterocycles. The van der Waals surface area contributed by atoms with Crippen molar-refractivity contribution in [1.29, 1.82) is 0 Å². The Hall–Kier alpha value is -1.61. The molecule has 0 unspecified atom stereocenters. The maximum atomic E-state index is 13.1. The molecule has 1 aliphatic carbocycles. The lowest BCUT2D eigenvalue weighted by Crippen LogP contribution is -2.00. The number of carbonyl (C=O) groups is 1. The van der Waals surface area contributed by atoms with E-state index in [1.165, 1.54) is 6.07 Å². The maximum Gasteiger partial charge on any atom is 0.165 e. The molecule has 1 nitrogen and oxygen atoms in total. The van der Waals surface area contributed by atoms with Crippen molar-refractivity contribution in [2.24, 2.45) is 5.92 Å². The standard InChI is InChI=1S/C17H15FOS/c18-15-3-1-2-12(10-15)11-20-16-8-6-14(7-9-16)17(19)13-4-5-13/h1-3,6-10,13H,4-5,11H2. The van der Waals surface area contributed by atoms with E-state index < -0.39 is 0 Å². The summed E-state index contributed by atoms with van der Waals surface area (Å²) in [5.41, 5.74) is 1.77. The highest BCUT2D eigenvalue weighted by Gasteiger charge is 2.30. The van der Waals surface area contributed by atoms with Crippen LogP contribution in [-0.4, -0.2) is 5.78 Å². The highest BCUT2D eigenvalue weighted by molar-refractivity contribution is 7.98. The Morgan fingerprint density at radius 1 is 1.15 bits per heavy atom. The zero-order valence-electron chi connectivity index (χ0n) is 11.0. The Balaban J connectivity index is 1.62. The van der Waals surface area contributed by atoms with Crippen LogP contribution in [0.1, 0.15) is 28.8 Å². The first-order valence-electron chi connectivity index (χ1n) is 6.74. The summed E-state index contributed by atoms with van der Waals surface area (Å²) in [4.78, 5) is 13.0. The molecule has 1 aliphatic rings. The molecule has 0 aromatic heterocycles. The normalized spacial score (nSPS) is 14.2. The van der Waals surface area contributed by atoms with Crippen LogP contribution in [0.15, 0.2) is 53.4 Å². The van der Waals surface area contributed by atoms with Gasteiger partial charge in [0.05, 0.1) is 0 Å². The van der Waals surface area contributed by atoms with Crippen molar-refractivity contribution >= 4 is 17.5 Å². The summed E-state index contributed by atoms with van der Waals surface area (Å²) >= 11 is 1.65. The summed E-state index contributed by atoms with van der Waals surface area (Å²) in [6, 6.07) is 14.4. The molecule has 0 aliphatic heterocycles. The molecule has 0 bridgehead atoms. The lowest BCUT2D eigenvalue weighted by Gasteiger charge is -2.04. The third kappa shape index (κ3) is 3.28. The molecule has 20 heavy (non-hydrogen) atoms. The van der Waals surface area contributed by atoms with Gasteiger partial charge in [0.2, 0.25) is 0 Å². The van der Waals surface area contributed by atoms with E-state index in [0.29, 0.717) is 0 Å². The first-order chi connectivity index (χ1) is 9.72. The summed E-state index contributed by atoms with van der Waals surface area (Å²) < 4.78 is 13.1. The molecule has 3 rings (SSSR count). The van der Waals surface area contributed by atoms with Gasteiger partial charge < -0.3 is 0 Å². The van der Waals surface area contributed by atoms with Crippen molar-refractivity contribution in [1.82, 2.24) is 0 Å². The number of ketones is 1. The first-order valence-corrected chi connectivity index (χ1v) is 7.72. The molecule has 0 radical (unpaired) electrons. The molecule has 2 aromatic rings. The van der Waals surface area contributed by atoms with Gasteiger partial charge >= 0.3 is 0 Å². The lowest BCUT2D eigenvalue weighted by atomic mass is 10.1. The highest BCUT2D eigenvalue weighted by atomic mass is 32.2. The zero-order chi connectivity index (χ0) is 13.9. The average molecular weight is 286 g/mol. The van der Waals surface area contributed by atoms with Gasteiger partial charge in [0.1, 0.15) is 5.82 Å². The zero-order valence-corrected chi connectivity index (χ0v) is 11.8. The van der Waals surface area contributed by atoms with E-state index >= 15 is 0 Å². The number of benzene rings is 2. The summed E-state index contributed by atoms with van der Waals surface area (Å²) in [7, 11) is 0. The minimum Gasteiger partial charge on any atom is -0.294 e. The second kappa shape index (κ2) is 5.80. The van der Waals surface area contributed by atoms with Gasteiger partial charge in [-0.15, -0.1) is 11.8 Å². The van der Waals surface area contributed by atoms with Crippen molar-refractivity contribution in [2.75, 3.05) is 0 Å². The number of thioether (sulfide) groups is 1. The van der Waals surface area contributed by atoms with Crippen molar-refractivity contribution in [3.05, 3.63) is 65.5 Å². The summed E-state index contributed by atoms with van der Waals surface area (Å²) in [5.74, 6) is 1.06. The maximum absolute atomic E-state index is 13.1. The predicted octanol–water partition coefficient (Wildman–Crippen LogP) is 4.71. The molecule has 2 aromatic carbocycles. The van der Waals surface area contributed by atoms with Gasteiger partial charge in [0, 0.05) is 22.1 Å². The molecule has 0 amide bonds. The van der Waals surface area contributed by atoms with E-state index in [-0.39, 0.29) is 17.5 Å². The Bertz CT molecular complexity index is 617. The average Bonchev–Trinajstić information content (AvgIpc) is 3.30. The molecule has 3 heteroatoms. The van der Waals surface area contributed by atoms with Gasteiger partial charge in [-0.2, -0.15) is 0 Å². The van der Waals surface area contributed by atoms with Crippen molar-refractivity contribution < 1.29 is 9.18 Å². The van der Waals surface area contributed by atoms with Gasteiger partial charge in [0.25, 0.3) is 0 Å². The molecule has 0 atom stereocenters. The van der Waals surface area contributed by atoms with Crippen LogP contribution in [0.25, 0.3) is 0 Å². The van der Waals surface area contributed by atoms with Gasteiger partial charge in [-0.05, 0) is 42.7 Å². The Kier molecular flexibility index (Phi) is 3.88. The van der Waals surface area contributed by atoms with Crippen molar-refractivity contribution in [2.45, 2.75) is 23.5 Å². The second-order valence-corrected chi connectivity index (χ2v) is 6.13. The predicted molar refractivity (Wildman–Crippen MR) is 79.5 cm³/mol. The number of carbonyl (C=O) groups excluding carboxylic acids is 1. The minimum absolute atomic E-state index is 0.200. The van der Waals surface area contributed by atoms with Crippen LogP contribution < -0.4 is 0 Å². The molecule has 102 valence electrons. The molecule has 1 fully saturated rings. The van der Waals surface area contributed by atoms with Gasteiger partial charge in [0.15, 0.2) is 5.78 Å². The summed E-state index contributed by atoms with van der Waals surface area (Å²) in [6.07, 6.45) is 2.07. The number of hydrogen-bond donors (Lipinski definition) is 0. The lowest BCUT2D eigenvalue weighted by molar-refractivity contribution is 0.0967. The van der Waals surface area contributed by atoms with Crippen LogP contribution in [0, 0.1) is 11.7 Å². The van der Waals surface area contributed by atoms with E-state index in [0.717, 1.165) is 34.6 Å². The summed E-state index contributed by atoms with van der Waals surface area (Å²) in [5, 5.41) is 0. The number of Topliss-reactive ketones (excluding diaryl/α,β-unsaturated/α-hetero) is 1. The van der Waals surface area contributed by atoms with Gasteiger partial charge in [-0.1, -0.05) is 24.3 Å². The first kappa shape index (κ1) is 13.4. The van der Waals surface area contributed by atoms with Crippen LogP contribution in [0.4, 0.5) is 4.39 Å². The van der Waals surface area contributed by atoms with Crippen molar-refractivity contribution in [3.63, 3.8) is 0 Å². The Labute approximate surface area is 122 Å². The number of halogens is 1. The van der Waals surface area contributed by atoms with Crippen molar-refractivity contribution in [3.8, 4) is 0 Å². The molecule has 0 N–H and O–H groups in total. The Morgan fingerprint density at radius 3 is 2.55 bits per heavy atom. The molecule has 0 spiro atoms. The quantitative estimate of drug-likeness (QED) is 0.585. The fraction of sp³-hybridized carbons (Fsp3) is 0.235. The van der Waals surface area contributed by atoms with Crippen LogP contribution >= 0.6 is 11.8 Å². The third-order valence-electron chi connectivity index (χ3n) is 3.38. The largest absolute Gasteiger partial charge is 0.294 e. The van der Waals surface area contributed by atoms with E-state index in [1.54, 1.807) is 23.9 Å². The molecular weight excluding hydrogens is 271 g/mol. The van der Waals surface area contributed by atoms with E-state index in [4.69, 9.17) is 0 Å². The van der Waals surface area contributed by atoms with E-state index in [2.05, 4.69) is 0 Å². The molecular formula is C17H15FOS. The van der Waals surface area contributed by atoms with E-state index in [9.17, 15) is 9.18 Å². The SMILES string of the molecule is O=C(c1ccc(SCc2cccc(F)c2)cc1)C1CC1. The third-order valence-corrected chi connectivity index (χ3v) is 4.46. The fourth-order valence-electron chi connectivity index (χ4n) is 2.09. The second-order valence-electron chi connectivity index (χ2n) is 5.08. The molecule has 0 heterocycles. The summed E-state index contributed by atoms with van der Waals surface area (Å²) in [6.45, 7) is 0. The van der Waals surface area contributed by atoms with Crippen LogP contribution in [0.3, 0.4) is 0 Å².